The van der Waals surface area contributed by atoms with E-state index in [4.69, 9.17) is 0 Å². The maximum Gasteiger partial charge on any atom is 0.103 e. The summed E-state index contributed by atoms with van der Waals surface area (Å²) < 4.78 is 11.9. The second-order valence-corrected chi connectivity index (χ2v) is 7.13. The summed E-state index contributed by atoms with van der Waals surface area (Å²) >= 11 is 1.81. The van der Waals surface area contributed by atoms with Crippen molar-refractivity contribution in [3.8, 4) is 0 Å². The van der Waals surface area contributed by atoms with Crippen LogP contribution in [0.15, 0.2) is 52.3 Å². The molecular formula is C14H12N2OS2. The molecule has 0 saturated carbocycles. The number of thioether (sulfide) groups is 1. The van der Waals surface area contributed by atoms with Crippen LogP contribution < -0.4 is 10.6 Å². The van der Waals surface area contributed by atoms with Crippen LogP contribution in [0.1, 0.15) is 10.9 Å². The van der Waals surface area contributed by atoms with Gasteiger partial charge in [-0.2, -0.15) is 0 Å². The van der Waals surface area contributed by atoms with Gasteiger partial charge in [0.2, 0.25) is 0 Å². The van der Waals surface area contributed by atoms with Crippen LogP contribution in [-0.2, 0) is 10.8 Å². The van der Waals surface area contributed by atoms with E-state index in [2.05, 4.69) is 41.0 Å². The molecule has 0 saturated heterocycles. The van der Waals surface area contributed by atoms with E-state index in [0.717, 1.165) is 10.6 Å². The minimum atomic E-state index is -0.907. The highest BCUT2D eigenvalue weighted by molar-refractivity contribution is 8.00. The Labute approximate surface area is 118 Å². The fourth-order valence-corrected chi connectivity index (χ4v) is 4.62. The summed E-state index contributed by atoms with van der Waals surface area (Å²) in [6.45, 7) is 0. The van der Waals surface area contributed by atoms with Gasteiger partial charge in [-0.1, -0.05) is 30.0 Å². The molecule has 0 spiro atoms. The van der Waals surface area contributed by atoms with Crippen LogP contribution in [0.2, 0.25) is 0 Å². The molecule has 2 N–H and O–H groups in total. The van der Waals surface area contributed by atoms with Gasteiger partial charge in [0.1, 0.15) is 5.37 Å². The molecule has 5 heteroatoms. The second-order valence-electron chi connectivity index (χ2n) is 4.56. The Bertz CT molecular complexity index is 662. The first kappa shape index (κ1) is 11.4. The largest absolute Gasteiger partial charge is 0.372 e. The summed E-state index contributed by atoms with van der Waals surface area (Å²) in [5, 5.41) is 6.87. The fourth-order valence-electron chi connectivity index (χ4n) is 2.40. The van der Waals surface area contributed by atoms with Gasteiger partial charge in [-0.3, -0.25) is 4.21 Å². The summed E-state index contributed by atoms with van der Waals surface area (Å²) in [5.41, 5.74) is 3.36. The number of para-hydroxylation sites is 1. The zero-order chi connectivity index (χ0) is 12.8. The number of nitrogens with one attached hydrogen (secondary N) is 2. The van der Waals surface area contributed by atoms with Gasteiger partial charge in [-0.15, -0.1) is 0 Å². The number of hydrogen-bond acceptors (Lipinski definition) is 4. The summed E-state index contributed by atoms with van der Waals surface area (Å²) in [4.78, 5) is 2.20. The van der Waals surface area contributed by atoms with Gasteiger partial charge in [0, 0.05) is 10.6 Å². The molecule has 19 heavy (non-hydrogen) atoms. The summed E-state index contributed by atoms with van der Waals surface area (Å²) in [6, 6.07) is 14.5. The van der Waals surface area contributed by atoms with Gasteiger partial charge in [-0.05, 0) is 29.8 Å². The molecule has 0 amide bonds. The fraction of sp³-hybridized carbons (Fsp3) is 0.143. The Hall–Kier alpha value is -1.46. The molecular weight excluding hydrogens is 276 g/mol. The first-order valence-corrected chi connectivity index (χ1v) is 8.29. The van der Waals surface area contributed by atoms with Crippen molar-refractivity contribution < 1.29 is 4.21 Å². The Morgan fingerprint density at radius 1 is 1.16 bits per heavy atom. The zero-order valence-corrected chi connectivity index (χ0v) is 11.7. The Balaban J connectivity index is 1.69. The van der Waals surface area contributed by atoms with E-state index in [0.29, 0.717) is 5.88 Å². The number of hydrogen-bond donors (Lipinski definition) is 2. The van der Waals surface area contributed by atoms with Crippen LogP contribution in [0.25, 0.3) is 0 Å². The van der Waals surface area contributed by atoms with Crippen molar-refractivity contribution in [1.82, 2.24) is 0 Å². The van der Waals surface area contributed by atoms with Crippen molar-refractivity contribution >= 4 is 33.9 Å². The SMILES string of the molecule is O=S1CNc2ccc(C3Nc4ccccc4S3)cc21. The van der Waals surface area contributed by atoms with Gasteiger partial charge < -0.3 is 10.6 Å². The maximum absolute atomic E-state index is 11.9. The standard InChI is InChI=1S/C14H12N2OS2/c17-19-8-15-11-6-5-9(7-13(11)19)14-16-10-3-1-2-4-12(10)18-14/h1-7,14-16H,8H2. The molecule has 2 atom stereocenters. The first-order chi connectivity index (χ1) is 9.31. The molecule has 0 fully saturated rings. The van der Waals surface area contributed by atoms with Crippen LogP contribution in [0.4, 0.5) is 11.4 Å². The number of benzene rings is 2. The highest BCUT2D eigenvalue weighted by atomic mass is 32.2. The van der Waals surface area contributed by atoms with E-state index in [-0.39, 0.29) is 5.37 Å². The zero-order valence-electron chi connectivity index (χ0n) is 10.1. The summed E-state index contributed by atoms with van der Waals surface area (Å²) in [5.74, 6) is 0.532. The third-order valence-electron chi connectivity index (χ3n) is 3.37. The first-order valence-electron chi connectivity index (χ1n) is 6.10. The molecule has 0 aromatic heterocycles. The van der Waals surface area contributed by atoms with Crippen LogP contribution in [0, 0.1) is 0 Å². The average Bonchev–Trinajstić information content (AvgIpc) is 3.02. The lowest BCUT2D eigenvalue weighted by atomic mass is 10.2. The normalized spacial score (nSPS) is 23.4. The molecule has 2 unspecified atom stereocenters. The Morgan fingerprint density at radius 2 is 2.05 bits per heavy atom. The number of fused-ring (bicyclic) bond motifs is 2. The molecule has 2 heterocycles. The Kier molecular flexibility index (Phi) is 2.56. The third-order valence-corrected chi connectivity index (χ3v) is 5.84. The predicted molar refractivity (Wildman–Crippen MR) is 80.0 cm³/mol. The van der Waals surface area contributed by atoms with Gasteiger partial charge in [-0.25, -0.2) is 0 Å². The van der Waals surface area contributed by atoms with Gasteiger partial charge in [0.15, 0.2) is 0 Å². The van der Waals surface area contributed by atoms with E-state index in [9.17, 15) is 4.21 Å². The summed E-state index contributed by atoms with van der Waals surface area (Å²) in [6.07, 6.45) is 0. The number of rotatable bonds is 1. The lowest BCUT2D eigenvalue weighted by Gasteiger charge is -2.11. The minimum Gasteiger partial charge on any atom is -0.372 e. The van der Waals surface area contributed by atoms with Crippen molar-refractivity contribution in [3.05, 3.63) is 48.0 Å². The molecule has 2 aliphatic rings. The number of anilines is 2. The molecule has 3 nitrogen and oxygen atoms in total. The van der Waals surface area contributed by atoms with E-state index in [1.807, 2.05) is 12.1 Å². The van der Waals surface area contributed by atoms with Crippen molar-refractivity contribution in [2.24, 2.45) is 0 Å². The van der Waals surface area contributed by atoms with Crippen LogP contribution in [0.3, 0.4) is 0 Å². The van der Waals surface area contributed by atoms with Crippen LogP contribution in [-0.4, -0.2) is 10.1 Å². The van der Waals surface area contributed by atoms with Crippen LogP contribution in [0.5, 0.6) is 0 Å². The van der Waals surface area contributed by atoms with Crippen molar-refractivity contribution in [2.75, 3.05) is 16.5 Å². The highest BCUT2D eigenvalue weighted by Gasteiger charge is 2.25. The van der Waals surface area contributed by atoms with E-state index < -0.39 is 10.8 Å². The average molecular weight is 288 g/mol. The van der Waals surface area contributed by atoms with Gasteiger partial charge >= 0.3 is 0 Å². The van der Waals surface area contributed by atoms with Crippen LogP contribution >= 0.6 is 11.8 Å². The lowest BCUT2D eigenvalue weighted by Crippen LogP contribution is -2.01. The summed E-state index contributed by atoms with van der Waals surface area (Å²) in [7, 11) is -0.907. The molecule has 0 radical (unpaired) electrons. The topological polar surface area (TPSA) is 41.1 Å². The third kappa shape index (κ3) is 1.84. The van der Waals surface area contributed by atoms with E-state index in [1.54, 1.807) is 11.8 Å². The smallest absolute Gasteiger partial charge is 0.103 e. The van der Waals surface area contributed by atoms with Crippen molar-refractivity contribution in [3.63, 3.8) is 0 Å². The van der Waals surface area contributed by atoms with Crippen molar-refractivity contribution in [2.45, 2.75) is 15.2 Å². The van der Waals surface area contributed by atoms with Gasteiger partial charge in [0.25, 0.3) is 0 Å². The predicted octanol–water partition coefficient (Wildman–Crippen LogP) is 3.39. The molecule has 2 aromatic rings. The van der Waals surface area contributed by atoms with E-state index >= 15 is 0 Å². The van der Waals surface area contributed by atoms with Crippen molar-refractivity contribution in [1.29, 1.82) is 0 Å². The van der Waals surface area contributed by atoms with E-state index in [1.165, 1.54) is 16.1 Å². The molecule has 0 aliphatic carbocycles. The Morgan fingerprint density at radius 3 is 2.95 bits per heavy atom. The monoisotopic (exact) mass is 288 g/mol. The quantitative estimate of drug-likeness (QED) is 0.844. The molecule has 2 aliphatic heterocycles. The molecule has 4 rings (SSSR count). The lowest BCUT2D eigenvalue weighted by molar-refractivity contribution is 0.686. The second kappa shape index (κ2) is 4.28. The maximum atomic E-state index is 11.9. The molecule has 2 aromatic carbocycles. The van der Waals surface area contributed by atoms with Gasteiger partial charge in [0.05, 0.1) is 27.3 Å². The molecule has 0 bridgehead atoms. The minimum absolute atomic E-state index is 0.209. The highest BCUT2D eigenvalue weighted by Crippen LogP contribution is 2.47. The molecule has 96 valence electrons.